The number of rotatable bonds is 6. The third kappa shape index (κ3) is 4.86. The number of hydrogen-bond donors (Lipinski definition) is 2. The highest BCUT2D eigenvalue weighted by atomic mass is 32.2. The summed E-state index contributed by atoms with van der Waals surface area (Å²) in [6, 6.07) is 5.28. The molecule has 0 spiro atoms. The summed E-state index contributed by atoms with van der Waals surface area (Å²) < 4.78 is 23.2. The Kier molecular flexibility index (Phi) is 5.58. The number of carbonyl (C=O) groups is 2. The minimum atomic E-state index is -3.38. The molecule has 20 heavy (non-hydrogen) atoms. The smallest absolute Gasteiger partial charge is 0.327 e. The molecule has 6 nitrogen and oxygen atoms in total. The number of hydrogen-bond acceptors (Lipinski definition) is 5. The van der Waals surface area contributed by atoms with Gasteiger partial charge in [0.1, 0.15) is 6.04 Å². The summed E-state index contributed by atoms with van der Waals surface area (Å²) in [4.78, 5) is 22.5. The van der Waals surface area contributed by atoms with E-state index < -0.39 is 27.8 Å². The van der Waals surface area contributed by atoms with Crippen LogP contribution in [0.3, 0.4) is 0 Å². The lowest BCUT2D eigenvalue weighted by atomic mass is 10.3. The van der Waals surface area contributed by atoms with Crippen LogP contribution in [0.15, 0.2) is 34.1 Å². The summed E-state index contributed by atoms with van der Waals surface area (Å²) in [5.41, 5.74) is 0. The second-order valence-corrected chi connectivity index (χ2v) is 7.17. The van der Waals surface area contributed by atoms with Crippen LogP contribution in [-0.2, 0) is 19.4 Å². The molecule has 0 aliphatic heterocycles. The van der Waals surface area contributed by atoms with Crippen LogP contribution in [0.1, 0.15) is 6.92 Å². The van der Waals surface area contributed by atoms with E-state index in [1.54, 1.807) is 18.2 Å². The predicted octanol–water partition coefficient (Wildman–Crippen LogP) is 0.771. The van der Waals surface area contributed by atoms with Crippen LogP contribution in [0.2, 0.25) is 0 Å². The van der Waals surface area contributed by atoms with Crippen LogP contribution in [0.4, 0.5) is 0 Å². The minimum absolute atomic E-state index is 0.0431. The van der Waals surface area contributed by atoms with Crippen LogP contribution < -0.4 is 5.32 Å². The van der Waals surface area contributed by atoms with E-state index in [2.05, 4.69) is 5.32 Å². The second-order valence-electron chi connectivity index (χ2n) is 4.12. The number of amides is 1. The van der Waals surface area contributed by atoms with E-state index >= 15 is 0 Å². The first-order chi connectivity index (χ1) is 9.21. The zero-order valence-corrected chi connectivity index (χ0v) is 12.6. The van der Waals surface area contributed by atoms with Gasteiger partial charge in [0.15, 0.2) is 9.84 Å². The van der Waals surface area contributed by atoms with E-state index in [1.165, 1.54) is 13.0 Å². The van der Waals surface area contributed by atoms with Crippen LogP contribution in [0, 0.1) is 0 Å². The average molecular weight is 317 g/mol. The number of benzene rings is 1. The fourth-order valence-electron chi connectivity index (χ4n) is 1.47. The second kappa shape index (κ2) is 6.76. The summed E-state index contributed by atoms with van der Waals surface area (Å²) in [6.45, 7) is 1.23. The van der Waals surface area contributed by atoms with Crippen LogP contribution in [0.25, 0.3) is 0 Å². The number of carbonyl (C=O) groups excluding carboxylic acids is 1. The Labute approximate surface area is 121 Å². The van der Waals surface area contributed by atoms with E-state index in [0.717, 1.165) is 18.0 Å². The van der Waals surface area contributed by atoms with Crippen LogP contribution in [-0.4, -0.2) is 43.5 Å². The molecule has 0 saturated heterocycles. The lowest BCUT2D eigenvalue weighted by molar-refractivity contribution is -0.140. The van der Waals surface area contributed by atoms with Crippen molar-refractivity contribution in [2.24, 2.45) is 0 Å². The van der Waals surface area contributed by atoms with Crippen molar-refractivity contribution in [2.45, 2.75) is 22.8 Å². The van der Waals surface area contributed by atoms with Crippen molar-refractivity contribution in [3.05, 3.63) is 24.3 Å². The maximum absolute atomic E-state index is 11.6. The van der Waals surface area contributed by atoms with Gasteiger partial charge >= 0.3 is 5.97 Å². The fourth-order valence-corrected chi connectivity index (χ4v) is 3.82. The van der Waals surface area contributed by atoms with Crippen molar-refractivity contribution in [3.8, 4) is 0 Å². The number of carboxylic acid groups (broad SMARTS) is 1. The Morgan fingerprint density at radius 3 is 2.45 bits per heavy atom. The van der Waals surface area contributed by atoms with Gasteiger partial charge in [-0.25, -0.2) is 13.2 Å². The number of sulfone groups is 1. The molecule has 0 aliphatic carbocycles. The van der Waals surface area contributed by atoms with Crippen molar-refractivity contribution in [3.63, 3.8) is 0 Å². The molecule has 1 rings (SSSR count). The van der Waals surface area contributed by atoms with E-state index in [9.17, 15) is 18.0 Å². The molecule has 1 aromatic carbocycles. The maximum Gasteiger partial charge on any atom is 0.327 e. The molecule has 0 bridgehead atoms. The summed E-state index contributed by atoms with van der Waals surface area (Å²) in [5.74, 6) is -1.57. The normalized spacial score (nSPS) is 12.7. The Morgan fingerprint density at radius 1 is 1.35 bits per heavy atom. The number of aliphatic carboxylic acids is 1. The van der Waals surface area contributed by atoms with Gasteiger partial charge in [0.2, 0.25) is 5.91 Å². The zero-order valence-electron chi connectivity index (χ0n) is 11.0. The van der Waals surface area contributed by atoms with E-state index in [-0.39, 0.29) is 10.6 Å². The lowest BCUT2D eigenvalue weighted by Gasteiger charge is -2.14. The Morgan fingerprint density at radius 2 is 1.95 bits per heavy atom. The van der Waals surface area contributed by atoms with Crippen molar-refractivity contribution in [1.82, 2.24) is 5.32 Å². The summed E-state index contributed by atoms with van der Waals surface area (Å²) in [7, 11) is -3.38. The molecule has 1 unspecified atom stereocenters. The Bertz CT molecular complexity index is 612. The van der Waals surface area contributed by atoms with Gasteiger partial charge in [-0.3, -0.25) is 4.79 Å². The minimum Gasteiger partial charge on any atom is -0.480 e. The highest BCUT2D eigenvalue weighted by Crippen LogP contribution is 2.26. The van der Waals surface area contributed by atoms with E-state index in [1.807, 2.05) is 0 Å². The standard InChI is InChI=1S/C12H15NO5S2/c1-8(14)13-9(12(15)16)7-19-10-5-3-4-6-11(10)20(2,17)18/h3-6,9H,7H2,1-2H3,(H,13,14)(H,15,16). The first-order valence-electron chi connectivity index (χ1n) is 5.63. The first-order valence-corrected chi connectivity index (χ1v) is 8.51. The highest BCUT2D eigenvalue weighted by Gasteiger charge is 2.20. The summed E-state index contributed by atoms with van der Waals surface area (Å²) in [5, 5.41) is 11.3. The molecule has 110 valence electrons. The third-order valence-electron chi connectivity index (χ3n) is 2.33. The number of carboxylic acids is 1. The van der Waals surface area contributed by atoms with Crippen molar-refractivity contribution >= 4 is 33.5 Å². The van der Waals surface area contributed by atoms with Gasteiger partial charge in [-0.05, 0) is 12.1 Å². The first kappa shape index (κ1) is 16.5. The molecule has 1 aromatic rings. The number of nitrogens with one attached hydrogen (secondary N) is 1. The molecular weight excluding hydrogens is 302 g/mol. The van der Waals surface area contributed by atoms with Crippen molar-refractivity contribution in [2.75, 3.05) is 12.0 Å². The van der Waals surface area contributed by atoms with Gasteiger partial charge < -0.3 is 10.4 Å². The fraction of sp³-hybridized carbons (Fsp3) is 0.333. The zero-order chi connectivity index (χ0) is 15.3. The molecule has 0 aromatic heterocycles. The molecule has 0 heterocycles. The SMILES string of the molecule is CC(=O)NC(CSc1ccccc1S(C)(=O)=O)C(=O)O. The van der Waals surface area contributed by atoms with Crippen molar-refractivity contribution in [1.29, 1.82) is 0 Å². The largest absolute Gasteiger partial charge is 0.480 e. The van der Waals surface area contributed by atoms with Crippen LogP contribution >= 0.6 is 11.8 Å². The Hall–Kier alpha value is -1.54. The third-order valence-corrected chi connectivity index (χ3v) is 4.78. The molecule has 0 aliphatic rings. The number of thioether (sulfide) groups is 1. The van der Waals surface area contributed by atoms with Crippen LogP contribution in [0.5, 0.6) is 0 Å². The van der Waals surface area contributed by atoms with Gasteiger partial charge in [0.05, 0.1) is 4.90 Å². The molecule has 0 saturated carbocycles. The van der Waals surface area contributed by atoms with Gasteiger partial charge in [-0.15, -0.1) is 11.8 Å². The molecule has 8 heteroatoms. The molecule has 0 fully saturated rings. The van der Waals surface area contributed by atoms with Crippen molar-refractivity contribution < 1.29 is 23.1 Å². The lowest BCUT2D eigenvalue weighted by Crippen LogP contribution is -2.41. The van der Waals surface area contributed by atoms with E-state index in [0.29, 0.717) is 4.90 Å². The summed E-state index contributed by atoms with van der Waals surface area (Å²) >= 11 is 1.08. The summed E-state index contributed by atoms with van der Waals surface area (Å²) in [6.07, 6.45) is 1.09. The van der Waals surface area contributed by atoms with Gasteiger partial charge in [0.25, 0.3) is 0 Å². The monoisotopic (exact) mass is 317 g/mol. The molecule has 1 atom stereocenters. The molecule has 2 N–H and O–H groups in total. The maximum atomic E-state index is 11.6. The van der Waals surface area contributed by atoms with Gasteiger partial charge in [-0.2, -0.15) is 0 Å². The Balaban J connectivity index is 2.89. The van der Waals surface area contributed by atoms with E-state index in [4.69, 9.17) is 5.11 Å². The molecular formula is C12H15NO5S2. The topological polar surface area (TPSA) is 101 Å². The predicted molar refractivity (Wildman–Crippen MR) is 75.5 cm³/mol. The highest BCUT2D eigenvalue weighted by molar-refractivity contribution is 8.00. The van der Waals surface area contributed by atoms with Gasteiger partial charge in [-0.1, -0.05) is 12.1 Å². The van der Waals surface area contributed by atoms with Gasteiger partial charge in [0, 0.05) is 23.8 Å². The molecule has 0 radical (unpaired) electrons. The average Bonchev–Trinajstić information content (AvgIpc) is 2.33. The quantitative estimate of drug-likeness (QED) is 0.752. The molecule has 1 amide bonds.